The number of carbonyl (C=O) groups excluding carboxylic acids is 4. The number of para-hydroxylation sites is 1. The van der Waals surface area contributed by atoms with E-state index in [0.29, 0.717) is 62.1 Å². The monoisotopic (exact) mass is 752 g/mol. The molecule has 0 spiro atoms. The van der Waals surface area contributed by atoms with E-state index >= 15 is 0 Å². The number of piperidine rings is 1. The number of hydrogen-bond donors (Lipinski definition) is 3. The Morgan fingerprint density at radius 2 is 1.75 bits per heavy atom. The van der Waals surface area contributed by atoms with Crippen LogP contribution in [0.2, 0.25) is 0 Å². The molecule has 6 aliphatic rings. The number of aromatic hydroxyl groups is 1. The number of piperazine rings is 2. The molecule has 0 radical (unpaired) electrons. The van der Waals surface area contributed by atoms with Crippen molar-refractivity contribution in [2.24, 2.45) is 5.92 Å². The molecule has 4 saturated heterocycles. The van der Waals surface area contributed by atoms with E-state index in [1.165, 1.54) is 12.1 Å². The maximum Gasteiger partial charge on any atom is 0.320 e. The van der Waals surface area contributed by atoms with Gasteiger partial charge in [0.2, 0.25) is 11.8 Å². The second-order valence-corrected chi connectivity index (χ2v) is 15.9. The number of urea groups is 1. The first-order chi connectivity index (χ1) is 26.5. The molecular formula is C39H45FN10O5. The van der Waals surface area contributed by atoms with Crippen molar-refractivity contribution in [1.82, 2.24) is 35.1 Å². The predicted octanol–water partition coefficient (Wildman–Crippen LogP) is 2.32. The van der Waals surface area contributed by atoms with Crippen LogP contribution in [-0.4, -0.2) is 142 Å². The summed E-state index contributed by atoms with van der Waals surface area (Å²) in [6.45, 7) is 11.2. The summed E-state index contributed by atoms with van der Waals surface area (Å²) in [5.74, 6) is -0.925. The lowest BCUT2D eigenvalue weighted by Gasteiger charge is -2.51. The number of carbonyl (C=O) groups is 4. The molecule has 9 rings (SSSR count). The second-order valence-electron chi connectivity index (χ2n) is 15.9. The minimum atomic E-state index is -0.714. The van der Waals surface area contributed by atoms with E-state index in [9.17, 15) is 28.7 Å². The van der Waals surface area contributed by atoms with Gasteiger partial charge < -0.3 is 34.9 Å². The number of nitrogens with one attached hydrogen (secondary N) is 2. The number of benzene rings is 2. The number of halogens is 1. The third-order valence-corrected chi connectivity index (χ3v) is 12.2. The molecule has 2 aromatic carbocycles. The first-order valence-electron chi connectivity index (χ1n) is 19.2. The van der Waals surface area contributed by atoms with Crippen LogP contribution in [0.5, 0.6) is 5.75 Å². The highest BCUT2D eigenvalue weighted by Crippen LogP contribution is 2.38. The minimum absolute atomic E-state index is 0.0184. The summed E-state index contributed by atoms with van der Waals surface area (Å²) in [5.41, 5.74) is 4.02. The fraction of sp³-hybridized carbons (Fsp3) is 0.487. The predicted molar refractivity (Wildman–Crippen MR) is 201 cm³/mol. The van der Waals surface area contributed by atoms with Gasteiger partial charge in [-0.05, 0) is 56.2 Å². The summed E-state index contributed by atoms with van der Waals surface area (Å²) in [4.78, 5) is 64.0. The first kappa shape index (κ1) is 35.2. The zero-order chi connectivity index (χ0) is 38.1. The first-order valence-corrected chi connectivity index (χ1v) is 19.2. The SMILES string of the molecule is C[C@@H]1CN(CC2CN(c3ccc4c(c3)C(=O)N([C@@H]3CCC(=O)NC3=O)C4)C2)C[C@H](C)N1C(=O)N1CCN2c3cc(-c4cccc(F)c4O)nnc3NC[C@H]2C1. The van der Waals surface area contributed by atoms with E-state index in [1.54, 1.807) is 11.0 Å². The molecule has 0 saturated carbocycles. The van der Waals surface area contributed by atoms with Gasteiger partial charge in [0.15, 0.2) is 17.4 Å². The Morgan fingerprint density at radius 1 is 0.945 bits per heavy atom. The Kier molecular flexibility index (Phi) is 8.74. The Morgan fingerprint density at radius 3 is 2.53 bits per heavy atom. The number of phenolic OH excluding ortho intramolecular Hbond substituents is 1. The average molecular weight is 753 g/mol. The summed E-state index contributed by atoms with van der Waals surface area (Å²) in [5, 5.41) is 24.6. The highest BCUT2D eigenvalue weighted by Gasteiger charge is 2.42. The fourth-order valence-electron chi connectivity index (χ4n) is 9.44. The van der Waals surface area contributed by atoms with Gasteiger partial charge in [-0.1, -0.05) is 12.1 Å². The van der Waals surface area contributed by atoms with E-state index in [1.807, 2.05) is 28.0 Å². The highest BCUT2D eigenvalue weighted by molar-refractivity contribution is 6.05. The quantitative estimate of drug-likeness (QED) is 0.329. The molecule has 6 aliphatic heterocycles. The molecule has 4 atom stereocenters. The van der Waals surface area contributed by atoms with E-state index in [-0.39, 0.29) is 48.0 Å². The van der Waals surface area contributed by atoms with Crippen molar-refractivity contribution in [3.05, 3.63) is 59.4 Å². The van der Waals surface area contributed by atoms with Crippen LogP contribution in [0.25, 0.3) is 11.3 Å². The van der Waals surface area contributed by atoms with Crippen LogP contribution in [0.1, 0.15) is 42.6 Å². The summed E-state index contributed by atoms with van der Waals surface area (Å²) in [7, 11) is 0. The van der Waals surface area contributed by atoms with Crippen molar-refractivity contribution in [1.29, 1.82) is 0 Å². The second kappa shape index (κ2) is 13.7. The molecule has 0 bridgehead atoms. The van der Waals surface area contributed by atoms with Gasteiger partial charge in [-0.2, -0.15) is 0 Å². The number of aromatic nitrogens is 2. The zero-order valence-electron chi connectivity index (χ0n) is 30.9. The van der Waals surface area contributed by atoms with E-state index < -0.39 is 23.5 Å². The largest absolute Gasteiger partial charge is 0.504 e. The molecule has 7 heterocycles. The number of hydrogen-bond acceptors (Lipinski definition) is 11. The molecule has 0 aliphatic carbocycles. The summed E-state index contributed by atoms with van der Waals surface area (Å²) in [6.07, 6.45) is 0.584. The topological polar surface area (TPSA) is 158 Å². The Labute approximate surface area is 318 Å². The normalized spacial score (nSPS) is 25.6. The Hall–Kier alpha value is -5.51. The highest BCUT2D eigenvalue weighted by atomic mass is 19.1. The van der Waals surface area contributed by atoms with Gasteiger partial charge in [-0.15, -0.1) is 10.2 Å². The van der Waals surface area contributed by atoms with Crippen LogP contribution in [0, 0.1) is 11.7 Å². The number of anilines is 3. The number of fused-ring (bicyclic) bond motifs is 4. The van der Waals surface area contributed by atoms with Gasteiger partial charge in [-0.3, -0.25) is 24.6 Å². The van der Waals surface area contributed by atoms with Gasteiger partial charge in [-0.25, -0.2) is 9.18 Å². The number of imide groups is 1. The molecule has 1 aromatic heterocycles. The molecule has 3 aromatic rings. The van der Waals surface area contributed by atoms with Crippen molar-refractivity contribution < 1.29 is 28.7 Å². The van der Waals surface area contributed by atoms with Gasteiger partial charge in [0.25, 0.3) is 5.91 Å². The number of amides is 5. The minimum Gasteiger partial charge on any atom is -0.504 e. The third kappa shape index (κ3) is 6.25. The van der Waals surface area contributed by atoms with Gasteiger partial charge in [0, 0.05) is 107 Å². The van der Waals surface area contributed by atoms with Crippen molar-refractivity contribution in [3.8, 4) is 17.0 Å². The van der Waals surface area contributed by atoms with Crippen molar-refractivity contribution >= 4 is 40.9 Å². The summed E-state index contributed by atoms with van der Waals surface area (Å²) >= 11 is 0. The van der Waals surface area contributed by atoms with Crippen molar-refractivity contribution in [2.45, 2.75) is 57.4 Å². The number of nitrogens with zero attached hydrogens (tertiary/aromatic N) is 8. The zero-order valence-corrected chi connectivity index (χ0v) is 30.9. The van der Waals surface area contributed by atoms with Gasteiger partial charge >= 0.3 is 6.03 Å². The van der Waals surface area contributed by atoms with Crippen LogP contribution >= 0.6 is 0 Å². The molecule has 0 unspecified atom stereocenters. The maximum atomic E-state index is 14.1. The lowest BCUT2D eigenvalue weighted by Crippen LogP contribution is -2.66. The maximum absolute atomic E-state index is 14.1. The third-order valence-electron chi connectivity index (χ3n) is 12.2. The van der Waals surface area contributed by atoms with E-state index in [2.05, 4.69) is 55.4 Å². The lowest BCUT2D eigenvalue weighted by molar-refractivity contribution is -0.136. The van der Waals surface area contributed by atoms with Crippen molar-refractivity contribution in [3.63, 3.8) is 0 Å². The number of phenols is 1. The molecular weight excluding hydrogens is 707 g/mol. The standard InChI is InChI=1S/C39H45FN10O5/c1-22-15-45(17-24-18-47(19-24)26-7-6-25-20-49(38(54)29(25)12-26)32-8-9-34(51)42-37(32)53)16-23(2)50(22)39(55)46-10-11-48-27(21-46)14-41-36-33(48)13-31(43-44-36)28-4-3-5-30(40)35(28)52/h3-7,12-13,22-24,27,32,52H,8-11,14-21H2,1-2H3,(H,41,44)(H,42,51,53)/t22-,23+,27-,32+/m0/s1. The molecule has 55 heavy (non-hydrogen) atoms. The fourth-order valence-corrected chi connectivity index (χ4v) is 9.44. The molecule has 288 valence electrons. The number of rotatable bonds is 5. The van der Waals surface area contributed by atoms with Crippen LogP contribution in [0.3, 0.4) is 0 Å². The summed E-state index contributed by atoms with van der Waals surface area (Å²) < 4.78 is 14.1. The van der Waals surface area contributed by atoms with E-state index in [4.69, 9.17) is 0 Å². The smallest absolute Gasteiger partial charge is 0.320 e. The molecule has 5 amide bonds. The molecule has 16 heteroatoms. The van der Waals surface area contributed by atoms with Gasteiger partial charge in [0.1, 0.15) is 6.04 Å². The Balaban J connectivity index is 0.778. The van der Waals surface area contributed by atoms with Crippen molar-refractivity contribution in [2.75, 3.05) is 74.0 Å². The molecule has 4 fully saturated rings. The van der Waals surface area contributed by atoms with Crippen LogP contribution in [-0.2, 0) is 16.1 Å². The molecule has 15 nitrogen and oxygen atoms in total. The van der Waals surface area contributed by atoms with Crippen LogP contribution in [0.15, 0.2) is 42.5 Å². The van der Waals surface area contributed by atoms with Gasteiger partial charge in [0.05, 0.1) is 17.4 Å². The lowest BCUT2D eigenvalue weighted by atomic mass is 9.96. The molecule has 3 N–H and O–H groups in total. The van der Waals surface area contributed by atoms with Crippen LogP contribution in [0.4, 0.5) is 26.4 Å². The van der Waals surface area contributed by atoms with Crippen LogP contribution < -0.4 is 20.4 Å². The average Bonchev–Trinajstić information content (AvgIpc) is 3.48. The Bertz CT molecular complexity index is 2070. The summed E-state index contributed by atoms with van der Waals surface area (Å²) in [6, 6.07) is 11.7. The van der Waals surface area contributed by atoms with E-state index in [0.717, 1.165) is 49.7 Å².